The molecule has 3 heteroatoms. The maximum atomic E-state index is 12.3. The first-order chi connectivity index (χ1) is 10.1. The van der Waals surface area contributed by atoms with Gasteiger partial charge in [-0.25, -0.2) is 0 Å². The van der Waals surface area contributed by atoms with Crippen LogP contribution in [0.4, 0.5) is 5.69 Å². The molecular weight excluding hydrogens is 262 g/mol. The first kappa shape index (κ1) is 15.1. The number of anilines is 1. The number of aryl methyl sites for hydroxylation is 2. The fourth-order valence-electron chi connectivity index (χ4n) is 1.99. The molecule has 0 heterocycles. The molecular formula is C18H21NO2. The summed E-state index contributed by atoms with van der Waals surface area (Å²) in [5.74, 6) is 0.686. The molecule has 0 fully saturated rings. The van der Waals surface area contributed by atoms with Crippen molar-refractivity contribution >= 4 is 11.6 Å². The highest BCUT2D eigenvalue weighted by molar-refractivity contribution is 6.04. The Hall–Kier alpha value is -2.29. The predicted octanol–water partition coefficient (Wildman–Crippen LogP) is 4.34. The monoisotopic (exact) mass is 283 g/mol. The quantitative estimate of drug-likeness (QED) is 0.886. The summed E-state index contributed by atoms with van der Waals surface area (Å²) >= 11 is 0. The Morgan fingerprint density at radius 2 is 1.81 bits per heavy atom. The lowest BCUT2D eigenvalue weighted by Crippen LogP contribution is -2.12. The van der Waals surface area contributed by atoms with Gasteiger partial charge >= 0.3 is 0 Å². The summed E-state index contributed by atoms with van der Waals surface area (Å²) in [6, 6.07) is 13.2. The van der Waals surface area contributed by atoms with Gasteiger partial charge in [0.2, 0.25) is 0 Å². The van der Waals surface area contributed by atoms with E-state index < -0.39 is 0 Å². The number of amides is 1. The Morgan fingerprint density at radius 3 is 2.48 bits per heavy atom. The van der Waals surface area contributed by atoms with E-state index in [2.05, 4.69) is 12.2 Å². The average molecular weight is 283 g/mol. The molecule has 110 valence electrons. The van der Waals surface area contributed by atoms with Crippen molar-refractivity contribution in [2.24, 2.45) is 0 Å². The van der Waals surface area contributed by atoms with Crippen LogP contribution in [0.1, 0.15) is 34.8 Å². The van der Waals surface area contributed by atoms with Crippen molar-refractivity contribution in [1.82, 2.24) is 0 Å². The molecule has 1 amide bonds. The number of benzene rings is 2. The highest BCUT2D eigenvalue weighted by atomic mass is 16.5. The third-order valence-corrected chi connectivity index (χ3v) is 3.23. The lowest BCUT2D eigenvalue weighted by Gasteiger charge is -2.10. The minimum Gasteiger partial charge on any atom is -0.494 e. The zero-order valence-corrected chi connectivity index (χ0v) is 12.8. The van der Waals surface area contributed by atoms with E-state index in [-0.39, 0.29) is 5.91 Å². The van der Waals surface area contributed by atoms with E-state index in [0.717, 1.165) is 29.0 Å². The molecule has 0 aliphatic carbocycles. The van der Waals surface area contributed by atoms with E-state index in [1.807, 2.05) is 44.2 Å². The van der Waals surface area contributed by atoms with Gasteiger partial charge in [-0.15, -0.1) is 0 Å². The maximum Gasteiger partial charge on any atom is 0.255 e. The second-order valence-electron chi connectivity index (χ2n) is 5.15. The molecule has 0 bridgehead atoms. The normalized spacial score (nSPS) is 10.2. The van der Waals surface area contributed by atoms with Gasteiger partial charge in [0.1, 0.15) is 5.75 Å². The summed E-state index contributed by atoms with van der Waals surface area (Å²) in [7, 11) is 0. The van der Waals surface area contributed by atoms with Crippen molar-refractivity contribution in [2.45, 2.75) is 27.2 Å². The molecule has 0 saturated heterocycles. The Labute approximate surface area is 126 Å². The van der Waals surface area contributed by atoms with Crippen LogP contribution in [0, 0.1) is 13.8 Å². The van der Waals surface area contributed by atoms with Crippen LogP contribution in [-0.4, -0.2) is 12.5 Å². The topological polar surface area (TPSA) is 38.3 Å². The van der Waals surface area contributed by atoms with E-state index in [1.54, 1.807) is 12.1 Å². The van der Waals surface area contributed by atoms with Crippen molar-refractivity contribution in [1.29, 1.82) is 0 Å². The highest BCUT2D eigenvalue weighted by Gasteiger charge is 2.08. The lowest BCUT2D eigenvalue weighted by molar-refractivity contribution is 0.102. The molecule has 0 atom stereocenters. The standard InChI is InChI=1S/C18H21NO2/c1-4-11-21-16-9-7-15(8-10-16)18(20)19-17-12-13(2)5-6-14(17)3/h5-10,12H,4,11H2,1-3H3,(H,19,20). The van der Waals surface area contributed by atoms with Crippen LogP contribution < -0.4 is 10.1 Å². The number of ether oxygens (including phenoxy) is 1. The van der Waals surface area contributed by atoms with E-state index in [9.17, 15) is 4.79 Å². The Balaban J connectivity index is 2.07. The van der Waals surface area contributed by atoms with Crippen molar-refractivity contribution in [3.63, 3.8) is 0 Å². The lowest BCUT2D eigenvalue weighted by atomic mass is 10.1. The van der Waals surface area contributed by atoms with E-state index >= 15 is 0 Å². The van der Waals surface area contributed by atoms with Crippen LogP contribution in [0.5, 0.6) is 5.75 Å². The van der Waals surface area contributed by atoms with Gasteiger partial charge in [-0.1, -0.05) is 19.1 Å². The minimum absolute atomic E-state index is 0.106. The van der Waals surface area contributed by atoms with Gasteiger partial charge in [0, 0.05) is 11.3 Å². The van der Waals surface area contributed by atoms with Crippen molar-refractivity contribution in [3.8, 4) is 5.75 Å². The molecule has 3 nitrogen and oxygen atoms in total. The van der Waals surface area contributed by atoms with E-state index in [0.29, 0.717) is 12.2 Å². The number of nitrogens with one attached hydrogen (secondary N) is 1. The maximum absolute atomic E-state index is 12.3. The smallest absolute Gasteiger partial charge is 0.255 e. The third kappa shape index (κ3) is 4.09. The average Bonchev–Trinajstić information content (AvgIpc) is 2.49. The predicted molar refractivity (Wildman–Crippen MR) is 86.1 cm³/mol. The van der Waals surface area contributed by atoms with Crippen LogP contribution in [-0.2, 0) is 0 Å². The van der Waals surface area contributed by atoms with Gasteiger partial charge in [-0.05, 0) is 61.7 Å². The van der Waals surface area contributed by atoms with E-state index in [1.165, 1.54) is 0 Å². The number of hydrogen-bond acceptors (Lipinski definition) is 2. The van der Waals surface area contributed by atoms with Gasteiger partial charge in [-0.2, -0.15) is 0 Å². The Morgan fingerprint density at radius 1 is 1.10 bits per heavy atom. The van der Waals surface area contributed by atoms with E-state index in [4.69, 9.17) is 4.74 Å². The Bertz CT molecular complexity index is 618. The second-order valence-corrected chi connectivity index (χ2v) is 5.15. The molecule has 2 aromatic rings. The van der Waals surface area contributed by atoms with Crippen LogP contribution in [0.2, 0.25) is 0 Å². The number of rotatable bonds is 5. The van der Waals surface area contributed by atoms with Gasteiger partial charge < -0.3 is 10.1 Å². The molecule has 0 radical (unpaired) electrons. The molecule has 2 rings (SSSR count). The zero-order valence-electron chi connectivity index (χ0n) is 12.8. The molecule has 0 aliphatic heterocycles. The summed E-state index contributed by atoms with van der Waals surface area (Å²) in [4.78, 5) is 12.3. The van der Waals surface area contributed by atoms with Crippen molar-refractivity contribution in [3.05, 3.63) is 59.2 Å². The molecule has 2 aromatic carbocycles. The van der Waals surface area contributed by atoms with Crippen LogP contribution in [0.15, 0.2) is 42.5 Å². The molecule has 21 heavy (non-hydrogen) atoms. The van der Waals surface area contributed by atoms with Crippen molar-refractivity contribution in [2.75, 3.05) is 11.9 Å². The molecule has 0 saturated carbocycles. The largest absolute Gasteiger partial charge is 0.494 e. The van der Waals surface area contributed by atoms with Crippen LogP contribution in [0.3, 0.4) is 0 Å². The van der Waals surface area contributed by atoms with Gasteiger partial charge in [0.05, 0.1) is 6.61 Å². The Kier molecular flexibility index (Phi) is 4.99. The van der Waals surface area contributed by atoms with Gasteiger partial charge in [0.15, 0.2) is 0 Å². The van der Waals surface area contributed by atoms with Gasteiger partial charge in [-0.3, -0.25) is 4.79 Å². The highest BCUT2D eigenvalue weighted by Crippen LogP contribution is 2.18. The molecule has 1 N–H and O–H groups in total. The number of carbonyl (C=O) groups is 1. The SMILES string of the molecule is CCCOc1ccc(C(=O)Nc2cc(C)ccc2C)cc1. The summed E-state index contributed by atoms with van der Waals surface area (Å²) in [6.45, 7) is 6.74. The fourth-order valence-corrected chi connectivity index (χ4v) is 1.99. The van der Waals surface area contributed by atoms with Crippen LogP contribution in [0.25, 0.3) is 0 Å². The second kappa shape index (κ2) is 6.93. The molecule has 0 unspecified atom stereocenters. The zero-order chi connectivity index (χ0) is 15.2. The summed E-state index contributed by atoms with van der Waals surface area (Å²) < 4.78 is 5.51. The van der Waals surface area contributed by atoms with Crippen molar-refractivity contribution < 1.29 is 9.53 Å². The molecule has 0 spiro atoms. The third-order valence-electron chi connectivity index (χ3n) is 3.23. The fraction of sp³-hybridized carbons (Fsp3) is 0.278. The first-order valence-electron chi connectivity index (χ1n) is 7.21. The molecule has 0 aromatic heterocycles. The summed E-state index contributed by atoms with van der Waals surface area (Å²) in [6.07, 6.45) is 0.967. The number of hydrogen-bond donors (Lipinski definition) is 1. The summed E-state index contributed by atoms with van der Waals surface area (Å²) in [5, 5.41) is 2.95. The number of carbonyl (C=O) groups excluding carboxylic acids is 1. The summed E-state index contributed by atoms with van der Waals surface area (Å²) in [5.41, 5.74) is 3.65. The minimum atomic E-state index is -0.106. The molecule has 0 aliphatic rings. The van der Waals surface area contributed by atoms with Crippen LogP contribution >= 0.6 is 0 Å². The first-order valence-corrected chi connectivity index (χ1v) is 7.21. The van der Waals surface area contributed by atoms with Gasteiger partial charge in [0.25, 0.3) is 5.91 Å².